The molecule has 1 unspecified atom stereocenters. The summed E-state index contributed by atoms with van der Waals surface area (Å²) in [5, 5.41) is 14.9. The third kappa shape index (κ3) is 5.10. The van der Waals surface area contributed by atoms with Crippen molar-refractivity contribution in [2.45, 2.75) is 44.1 Å². The van der Waals surface area contributed by atoms with Gasteiger partial charge in [-0.1, -0.05) is 42.8 Å². The minimum absolute atomic E-state index is 0.207. The first-order valence-electron chi connectivity index (χ1n) is 12.4. The molecule has 2 fully saturated rings. The molecule has 0 aromatic heterocycles. The van der Waals surface area contributed by atoms with Crippen LogP contribution in [0.15, 0.2) is 72.8 Å². The van der Waals surface area contributed by atoms with E-state index in [-0.39, 0.29) is 17.5 Å². The predicted octanol–water partition coefficient (Wildman–Crippen LogP) is 5.95. The zero-order chi connectivity index (χ0) is 25.1. The van der Waals surface area contributed by atoms with Gasteiger partial charge in [0.1, 0.15) is 6.04 Å². The molecular formula is C29H29N3O4. The lowest BCUT2D eigenvalue weighted by Gasteiger charge is -2.26. The summed E-state index contributed by atoms with van der Waals surface area (Å²) in [5.74, 6) is -0.523. The quantitative estimate of drug-likeness (QED) is 0.403. The van der Waals surface area contributed by atoms with Crippen LogP contribution in [0.5, 0.6) is 0 Å². The van der Waals surface area contributed by atoms with Gasteiger partial charge in [0, 0.05) is 17.9 Å². The number of hydrogen-bond acceptors (Lipinski definition) is 3. The SMILES string of the molecule is O=C(O)c1ccc(-c2ccc(NC(=O)C3CCCN3C(=O)Nc3ccc(C4CCC4)cc3)cc2)cc1. The number of carbonyl (C=O) groups excluding carboxylic acids is 2. The summed E-state index contributed by atoms with van der Waals surface area (Å²) < 4.78 is 0. The number of carboxylic acids is 1. The average Bonchev–Trinajstić information content (AvgIpc) is 3.35. The molecule has 7 heteroatoms. The highest BCUT2D eigenvalue weighted by Gasteiger charge is 2.34. The smallest absolute Gasteiger partial charge is 0.335 e. The summed E-state index contributed by atoms with van der Waals surface area (Å²) in [7, 11) is 0. The van der Waals surface area contributed by atoms with E-state index in [1.54, 1.807) is 41.3 Å². The van der Waals surface area contributed by atoms with E-state index in [0.29, 0.717) is 24.6 Å². The summed E-state index contributed by atoms with van der Waals surface area (Å²) in [4.78, 5) is 38.6. The van der Waals surface area contributed by atoms with Crippen LogP contribution < -0.4 is 10.6 Å². The second-order valence-electron chi connectivity index (χ2n) is 9.48. The number of urea groups is 1. The van der Waals surface area contributed by atoms with Crippen molar-refractivity contribution in [3.05, 3.63) is 83.9 Å². The average molecular weight is 484 g/mol. The van der Waals surface area contributed by atoms with Gasteiger partial charge in [0.15, 0.2) is 0 Å². The van der Waals surface area contributed by atoms with Gasteiger partial charge in [0.2, 0.25) is 5.91 Å². The van der Waals surface area contributed by atoms with Crippen molar-refractivity contribution < 1.29 is 19.5 Å². The zero-order valence-electron chi connectivity index (χ0n) is 19.9. The molecule has 3 aromatic carbocycles. The van der Waals surface area contributed by atoms with Crippen molar-refractivity contribution in [3.63, 3.8) is 0 Å². The molecule has 184 valence electrons. The number of benzene rings is 3. The number of nitrogens with one attached hydrogen (secondary N) is 2. The molecule has 1 saturated heterocycles. The van der Waals surface area contributed by atoms with Gasteiger partial charge in [0.25, 0.3) is 0 Å². The highest BCUT2D eigenvalue weighted by atomic mass is 16.4. The molecule has 0 radical (unpaired) electrons. The molecule has 2 aliphatic rings. The predicted molar refractivity (Wildman–Crippen MR) is 139 cm³/mol. The molecule has 1 atom stereocenters. The molecular weight excluding hydrogens is 454 g/mol. The molecule has 1 heterocycles. The van der Waals surface area contributed by atoms with Crippen LogP contribution in [0, 0.1) is 0 Å². The fraction of sp³-hybridized carbons (Fsp3) is 0.276. The van der Waals surface area contributed by atoms with E-state index in [0.717, 1.165) is 23.2 Å². The molecule has 36 heavy (non-hydrogen) atoms. The van der Waals surface area contributed by atoms with E-state index in [9.17, 15) is 14.4 Å². The summed E-state index contributed by atoms with van der Waals surface area (Å²) in [6.07, 6.45) is 5.15. The van der Waals surface area contributed by atoms with E-state index in [1.165, 1.54) is 24.8 Å². The van der Waals surface area contributed by atoms with E-state index < -0.39 is 12.0 Å². The monoisotopic (exact) mass is 483 g/mol. The van der Waals surface area contributed by atoms with Gasteiger partial charge in [-0.05, 0) is 84.7 Å². The van der Waals surface area contributed by atoms with Crippen LogP contribution in [0.4, 0.5) is 16.2 Å². The van der Waals surface area contributed by atoms with Crippen LogP contribution in [0.25, 0.3) is 11.1 Å². The number of amides is 3. The van der Waals surface area contributed by atoms with Crippen LogP contribution in [0.1, 0.15) is 53.9 Å². The lowest BCUT2D eigenvalue weighted by molar-refractivity contribution is -0.119. The molecule has 1 aliphatic heterocycles. The molecule has 7 nitrogen and oxygen atoms in total. The fourth-order valence-electron chi connectivity index (χ4n) is 4.83. The number of likely N-dealkylation sites (tertiary alicyclic amines) is 1. The maximum Gasteiger partial charge on any atom is 0.335 e. The maximum atomic E-state index is 13.0. The standard InChI is InChI=1S/C29H29N3O4/c33-27(30-24-14-10-22(11-15-24)20-6-8-23(9-7-20)28(34)35)26-5-2-18-32(26)29(36)31-25-16-12-21(13-17-25)19-3-1-4-19/h6-17,19,26H,1-5,18H2,(H,30,33)(H,31,36)(H,34,35). The third-order valence-electron chi connectivity index (χ3n) is 7.17. The van der Waals surface area contributed by atoms with Crippen LogP contribution in [-0.2, 0) is 4.79 Å². The first-order chi connectivity index (χ1) is 17.5. The van der Waals surface area contributed by atoms with Gasteiger partial charge in [-0.2, -0.15) is 0 Å². The number of aromatic carboxylic acids is 1. The Kier molecular flexibility index (Phi) is 6.71. The Morgan fingerprint density at radius 3 is 1.89 bits per heavy atom. The van der Waals surface area contributed by atoms with Gasteiger partial charge >= 0.3 is 12.0 Å². The number of nitrogens with zero attached hydrogens (tertiary/aromatic N) is 1. The largest absolute Gasteiger partial charge is 0.478 e. The lowest BCUT2D eigenvalue weighted by atomic mass is 9.80. The van der Waals surface area contributed by atoms with E-state index >= 15 is 0 Å². The van der Waals surface area contributed by atoms with Crippen LogP contribution >= 0.6 is 0 Å². The normalized spacial score (nSPS) is 17.3. The first-order valence-corrected chi connectivity index (χ1v) is 12.4. The molecule has 3 aromatic rings. The van der Waals surface area contributed by atoms with Crippen molar-refractivity contribution in [2.75, 3.05) is 17.2 Å². The van der Waals surface area contributed by atoms with Gasteiger partial charge in [-0.25, -0.2) is 9.59 Å². The minimum atomic E-state index is -0.962. The second-order valence-corrected chi connectivity index (χ2v) is 9.48. The number of rotatable bonds is 6. The van der Waals surface area contributed by atoms with Crippen LogP contribution in [0.2, 0.25) is 0 Å². The molecule has 0 spiro atoms. The highest BCUT2D eigenvalue weighted by molar-refractivity contribution is 5.99. The van der Waals surface area contributed by atoms with Crippen molar-refractivity contribution in [3.8, 4) is 11.1 Å². The summed E-state index contributed by atoms with van der Waals surface area (Å²) in [6.45, 7) is 0.537. The van der Waals surface area contributed by atoms with Gasteiger partial charge in [-0.15, -0.1) is 0 Å². The lowest BCUT2D eigenvalue weighted by Crippen LogP contribution is -2.45. The van der Waals surface area contributed by atoms with E-state index in [4.69, 9.17) is 5.11 Å². The van der Waals surface area contributed by atoms with Crippen LogP contribution in [-0.4, -0.2) is 40.5 Å². The Morgan fingerprint density at radius 2 is 1.31 bits per heavy atom. The Balaban J connectivity index is 1.19. The van der Waals surface area contributed by atoms with Crippen LogP contribution in [0.3, 0.4) is 0 Å². The van der Waals surface area contributed by atoms with E-state index in [1.807, 2.05) is 24.3 Å². The number of hydrogen-bond donors (Lipinski definition) is 3. The fourth-order valence-corrected chi connectivity index (χ4v) is 4.83. The maximum absolute atomic E-state index is 13.0. The van der Waals surface area contributed by atoms with E-state index in [2.05, 4.69) is 22.8 Å². The number of anilines is 2. The first kappa shape index (κ1) is 23.6. The molecule has 0 bridgehead atoms. The zero-order valence-corrected chi connectivity index (χ0v) is 19.9. The Labute approximate surface area is 210 Å². The second kappa shape index (κ2) is 10.2. The number of carbonyl (C=O) groups is 3. The summed E-state index contributed by atoms with van der Waals surface area (Å²) in [5.41, 5.74) is 4.73. The van der Waals surface area contributed by atoms with Crippen molar-refractivity contribution in [1.82, 2.24) is 4.90 Å². The highest BCUT2D eigenvalue weighted by Crippen LogP contribution is 2.36. The summed E-state index contributed by atoms with van der Waals surface area (Å²) >= 11 is 0. The molecule has 5 rings (SSSR count). The van der Waals surface area contributed by atoms with Crippen molar-refractivity contribution >= 4 is 29.3 Å². The molecule has 3 N–H and O–H groups in total. The third-order valence-corrected chi connectivity index (χ3v) is 7.17. The topological polar surface area (TPSA) is 98.7 Å². The van der Waals surface area contributed by atoms with Crippen molar-refractivity contribution in [1.29, 1.82) is 0 Å². The number of carboxylic acid groups (broad SMARTS) is 1. The van der Waals surface area contributed by atoms with Crippen molar-refractivity contribution in [2.24, 2.45) is 0 Å². The minimum Gasteiger partial charge on any atom is -0.478 e. The Hall–Kier alpha value is -4.13. The molecule has 1 aliphatic carbocycles. The van der Waals surface area contributed by atoms with Gasteiger partial charge in [0.05, 0.1) is 5.56 Å². The van der Waals surface area contributed by atoms with Gasteiger partial charge in [-0.3, -0.25) is 4.79 Å². The summed E-state index contributed by atoms with van der Waals surface area (Å²) in [6, 6.07) is 21.3. The molecule has 3 amide bonds. The molecule has 1 saturated carbocycles. The van der Waals surface area contributed by atoms with Gasteiger partial charge < -0.3 is 20.6 Å². The Morgan fingerprint density at radius 1 is 0.722 bits per heavy atom. The Bertz CT molecular complexity index is 1250.